The molecule has 0 saturated carbocycles. The molecule has 0 amide bonds. The minimum Gasteiger partial charge on any atom is -0.505 e. The molecule has 0 aliphatic carbocycles. The maximum atomic E-state index is 11.5. The predicted octanol–water partition coefficient (Wildman–Crippen LogP) is 5.22. The minimum absolute atomic E-state index is 0.103. The fourth-order valence-corrected chi connectivity index (χ4v) is 3.54. The second-order valence-corrected chi connectivity index (χ2v) is 10.0. The van der Waals surface area contributed by atoms with Crippen LogP contribution in [-0.4, -0.2) is 39.3 Å². The smallest absolute Gasteiger partial charge is 0.330 e. The summed E-state index contributed by atoms with van der Waals surface area (Å²) in [6.45, 7) is 14.5. The molecule has 0 fully saturated rings. The van der Waals surface area contributed by atoms with E-state index in [0.29, 0.717) is 17.0 Å². The van der Waals surface area contributed by atoms with Gasteiger partial charge in [-0.1, -0.05) is 59.8 Å². The number of phenolic OH excluding ortho intramolecular Hbond substituents is 1. The van der Waals surface area contributed by atoms with Gasteiger partial charge in [0, 0.05) is 17.7 Å². The Morgan fingerprint density at radius 2 is 1.73 bits per heavy atom. The number of phenols is 1. The van der Waals surface area contributed by atoms with Gasteiger partial charge < -0.3 is 14.6 Å². The highest BCUT2D eigenvalue weighted by Gasteiger charge is 2.25. The maximum absolute atomic E-state index is 11.5. The van der Waals surface area contributed by atoms with Gasteiger partial charge in [0.25, 0.3) is 0 Å². The number of hydrogen-bond donors (Lipinski definition) is 1. The van der Waals surface area contributed by atoms with E-state index in [1.165, 1.54) is 10.9 Å². The van der Waals surface area contributed by atoms with Crippen molar-refractivity contribution in [3.05, 3.63) is 53.6 Å². The number of fused-ring (bicyclic) bond motifs is 1. The Hall–Kier alpha value is -3.35. The van der Waals surface area contributed by atoms with Crippen LogP contribution in [0.3, 0.4) is 0 Å². The maximum Gasteiger partial charge on any atom is 0.330 e. The van der Waals surface area contributed by atoms with Crippen LogP contribution in [0.15, 0.2) is 42.5 Å². The summed E-state index contributed by atoms with van der Waals surface area (Å²) in [6.07, 6.45) is 2.98. The van der Waals surface area contributed by atoms with Crippen LogP contribution >= 0.6 is 0 Å². The van der Waals surface area contributed by atoms with Gasteiger partial charge in [0.05, 0.1) is 0 Å². The van der Waals surface area contributed by atoms with E-state index < -0.39 is 5.97 Å². The standard InChI is InChI=1S/C26H33N3O4/c1-8-10-22(30)33-14-13-32-17-15-19(26(5,6)7)24(31)21(16-17)29-27-20-12-9-11-18(23(20)28-29)25(2,3)4/h8-12,15-16,31H,13-14H2,1-7H3. The topological polar surface area (TPSA) is 86.5 Å². The van der Waals surface area contributed by atoms with Gasteiger partial charge in [-0.05, 0) is 35.4 Å². The third-order valence-corrected chi connectivity index (χ3v) is 5.21. The van der Waals surface area contributed by atoms with E-state index in [2.05, 4.69) is 31.9 Å². The third kappa shape index (κ3) is 5.53. The number of hydrogen-bond acceptors (Lipinski definition) is 6. The number of ether oxygens (including phenoxy) is 2. The van der Waals surface area contributed by atoms with Gasteiger partial charge in [-0.3, -0.25) is 0 Å². The summed E-state index contributed by atoms with van der Waals surface area (Å²) in [6, 6.07) is 9.44. The predicted molar refractivity (Wildman–Crippen MR) is 129 cm³/mol. The van der Waals surface area contributed by atoms with Crippen LogP contribution in [-0.2, 0) is 20.4 Å². The van der Waals surface area contributed by atoms with E-state index in [1.807, 2.05) is 32.9 Å². The number of nitrogens with zero attached hydrogens (tertiary/aromatic N) is 3. The zero-order chi connectivity index (χ0) is 24.4. The first-order valence-electron chi connectivity index (χ1n) is 11.1. The van der Waals surface area contributed by atoms with Crippen LogP contribution in [0.4, 0.5) is 0 Å². The van der Waals surface area contributed by atoms with Crippen molar-refractivity contribution in [2.45, 2.75) is 59.3 Å². The highest BCUT2D eigenvalue weighted by molar-refractivity contribution is 5.81. The Morgan fingerprint density at radius 3 is 2.36 bits per heavy atom. The molecule has 0 unspecified atom stereocenters. The molecule has 3 aromatic rings. The van der Waals surface area contributed by atoms with Crippen molar-refractivity contribution < 1.29 is 19.4 Å². The van der Waals surface area contributed by atoms with Crippen LogP contribution in [0.25, 0.3) is 16.7 Å². The van der Waals surface area contributed by atoms with Crippen LogP contribution in [0.1, 0.15) is 59.6 Å². The lowest BCUT2D eigenvalue weighted by atomic mass is 9.86. The molecule has 0 bridgehead atoms. The van der Waals surface area contributed by atoms with Gasteiger partial charge in [0.1, 0.15) is 41.4 Å². The molecule has 33 heavy (non-hydrogen) atoms. The zero-order valence-corrected chi connectivity index (χ0v) is 20.5. The first-order chi connectivity index (χ1) is 15.4. The van der Waals surface area contributed by atoms with Crippen molar-refractivity contribution in [1.29, 1.82) is 0 Å². The Balaban J connectivity index is 2.01. The summed E-state index contributed by atoms with van der Waals surface area (Å²) in [5.41, 5.74) is 3.31. The fraction of sp³-hybridized carbons (Fsp3) is 0.423. The van der Waals surface area contributed by atoms with E-state index in [0.717, 1.165) is 16.6 Å². The molecule has 1 N–H and O–H groups in total. The van der Waals surface area contributed by atoms with Crippen molar-refractivity contribution in [3.63, 3.8) is 0 Å². The third-order valence-electron chi connectivity index (χ3n) is 5.21. The number of carbonyl (C=O) groups excluding carboxylic acids is 1. The summed E-state index contributed by atoms with van der Waals surface area (Å²) in [4.78, 5) is 13.0. The molecular weight excluding hydrogens is 418 g/mol. The summed E-state index contributed by atoms with van der Waals surface area (Å²) in [5, 5.41) is 20.5. The first kappa shape index (κ1) is 24.3. The van der Waals surface area contributed by atoms with Crippen LogP contribution in [0.2, 0.25) is 0 Å². The normalized spacial score (nSPS) is 12.5. The highest BCUT2D eigenvalue weighted by atomic mass is 16.6. The highest BCUT2D eigenvalue weighted by Crippen LogP contribution is 2.39. The Morgan fingerprint density at radius 1 is 1.03 bits per heavy atom. The van der Waals surface area contributed by atoms with Gasteiger partial charge in [0.15, 0.2) is 0 Å². The molecule has 0 aliphatic heterocycles. The summed E-state index contributed by atoms with van der Waals surface area (Å²) >= 11 is 0. The number of benzene rings is 2. The minimum atomic E-state index is -0.412. The van der Waals surface area contributed by atoms with E-state index in [4.69, 9.17) is 14.6 Å². The molecule has 1 heterocycles. The number of rotatable bonds is 6. The molecule has 2 aromatic carbocycles. The molecule has 7 heteroatoms. The molecule has 3 rings (SSSR count). The van der Waals surface area contributed by atoms with Gasteiger partial charge >= 0.3 is 5.97 Å². The van der Waals surface area contributed by atoms with Crippen molar-refractivity contribution in [1.82, 2.24) is 15.0 Å². The van der Waals surface area contributed by atoms with Gasteiger partial charge in [-0.2, -0.15) is 0 Å². The molecule has 0 saturated heterocycles. The van der Waals surface area contributed by atoms with E-state index in [-0.39, 0.29) is 29.8 Å². The molecule has 7 nitrogen and oxygen atoms in total. The van der Waals surface area contributed by atoms with Gasteiger partial charge in [-0.25, -0.2) is 4.79 Å². The second kappa shape index (κ2) is 9.25. The molecule has 0 atom stereocenters. The molecule has 0 aliphatic rings. The number of aromatic nitrogens is 3. The van der Waals surface area contributed by atoms with E-state index >= 15 is 0 Å². The molecule has 1 aromatic heterocycles. The SMILES string of the molecule is CC=CC(=O)OCCOc1cc(-n2nc3cccc(C(C)(C)C)c3n2)c(O)c(C(C)(C)C)c1. The van der Waals surface area contributed by atoms with Crippen molar-refractivity contribution >= 4 is 17.0 Å². The molecule has 0 radical (unpaired) electrons. The van der Waals surface area contributed by atoms with Crippen LogP contribution in [0, 0.1) is 0 Å². The van der Waals surface area contributed by atoms with Gasteiger partial charge in [0.2, 0.25) is 0 Å². The fourth-order valence-electron chi connectivity index (χ4n) is 3.54. The van der Waals surface area contributed by atoms with Crippen LogP contribution < -0.4 is 4.74 Å². The number of allylic oxidation sites excluding steroid dienone is 1. The summed E-state index contributed by atoms with van der Waals surface area (Å²) in [7, 11) is 0. The average Bonchev–Trinajstić information content (AvgIpc) is 3.14. The summed E-state index contributed by atoms with van der Waals surface area (Å²) < 4.78 is 11.0. The van der Waals surface area contributed by atoms with E-state index in [1.54, 1.807) is 25.1 Å². The molecule has 0 spiro atoms. The second-order valence-electron chi connectivity index (χ2n) is 10.0. The number of carbonyl (C=O) groups is 1. The number of aromatic hydroxyl groups is 1. The molecule has 176 valence electrons. The Kier molecular flexibility index (Phi) is 6.81. The Labute approximate surface area is 195 Å². The van der Waals surface area contributed by atoms with Gasteiger partial charge in [-0.15, -0.1) is 15.0 Å². The van der Waals surface area contributed by atoms with Crippen molar-refractivity contribution in [3.8, 4) is 17.2 Å². The quantitative estimate of drug-likeness (QED) is 0.314. The monoisotopic (exact) mass is 451 g/mol. The Bertz CT molecular complexity index is 1180. The average molecular weight is 452 g/mol. The van der Waals surface area contributed by atoms with Crippen LogP contribution in [0.5, 0.6) is 11.5 Å². The summed E-state index contributed by atoms with van der Waals surface area (Å²) in [5.74, 6) is 0.226. The van der Waals surface area contributed by atoms with E-state index in [9.17, 15) is 9.90 Å². The lowest BCUT2D eigenvalue weighted by Crippen LogP contribution is -2.15. The van der Waals surface area contributed by atoms with Crippen molar-refractivity contribution in [2.24, 2.45) is 0 Å². The lowest BCUT2D eigenvalue weighted by molar-refractivity contribution is -0.138. The van der Waals surface area contributed by atoms with Crippen molar-refractivity contribution in [2.75, 3.05) is 13.2 Å². The lowest BCUT2D eigenvalue weighted by Gasteiger charge is -2.23. The zero-order valence-electron chi connectivity index (χ0n) is 20.5. The molecular formula is C26H33N3O4. The first-order valence-corrected chi connectivity index (χ1v) is 11.1. The number of esters is 1. The largest absolute Gasteiger partial charge is 0.505 e.